The van der Waals surface area contributed by atoms with Gasteiger partial charge in [-0.2, -0.15) is 0 Å². The van der Waals surface area contributed by atoms with Gasteiger partial charge in [-0.3, -0.25) is 4.98 Å². The lowest BCUT2D eigenvalue weighted by atomic mass is 10.0. The molecule has 0 aliphatic heterocycles. The lowest BCUT2D eigenvalue weighted by Crippen LogP contribution is -2.17. The van der Waals surface area contributed by atoms with E-state index in [1.807, 2.05) is 31.4 Å². The molecule has 0 aliphatic carbocycles. The van der Waals surface area contributed by atoms with Gasteiger partial charge in [-0.05, 0) is 24.9 Å². The molecule has 0 radical (unpaired) electrons. The summed E-state index contributed by atoms with van der Waals surface area (Å²) in [6, 6.07) is 10.6. The lowest BCUT2D eigenvalue weighted by molar-refractivity contribution is 0.549. The molecule has 2 heteroatoms. The van der Waals surface area contributed by atoms with E-state index in [0.717, 1.165) is 18.5 Å². The Bertz CT molecular complexity index is 535. The van der Waals surface area contributed by atoms with Crippen molar-refractivity contribution < 1.29 is 0 Å². The number of nitrogens with one attached hydrogen (secondary N) is 1. The summed E-state index contributed by atoms with van der Waals surface area (Å²) in [5, 5.41) is 5.71. The maximum Gasteiger partial charge on any atom is 0.0651 e. The Kier molecular flexibility index (Phi) is 3.74. The second kappa shape index (κ2) is 5.47. The summed E-state index contributed by atoms with van der Waals surface area (Å²) in [5.74, 6) is 2.68. The normalized spacial score (nSPS) is 12.2. The van der Waals surface area contributed by atoms with Crippen LogP contribution in [0.1, 0.15) is 24.6 Å². The van der Waals surface area contributed by atoms with Gasteiger partial charge in [-0.1, -0.05) is 24.3 Å². The minimum atomic E-state index is 0.220. The predicted octanol–water partition coefficient (Wildman–Crippen LogP) is 2.91. The zero-order chi connectivity index (χ0) is 12.1. The topological polar surface area (TPSA) is 24.9 Å². The third-order valence-electron chi connectivity index (χ3n) is 2.96. The van der Waals surface area contributed by atoms with Crippen LogP contribution in [0.2, 0.25) is 0 Å². The molecule has 2 aromatic rings. The van der Waals surface area contributed by atoms with Gasteiger partial charge in [0.05, 0.1) is 11.7 Å². The highest BCUT2D eigenvalue weighted by molar-refractivity contribution is 5.84. The molecule has 1 aromatic carbocycles. The number of hydrogen-bond acceptors (Lipinski definition) is 2. The fourth-order valence-electron chi connectivity index (χ4n) is 2.07. The summed E-state index contributed by atoms with van der Waals surface area (Å²) in [4.78, 5) is 4.50. The molecular formula is C15H16N2. The summed E-state index contributed by atoms with van der Waals surface area (Å²) in [6.07, 6.45) is 8.85. The molecule has 0 fully saturated rings. The van der Waals surface area contributed by atoms with Crippen molar-refractivity contribution in [3.8, 4) is 12.3 Å². The molecule has 2 nitrogen and oxygen atoms in total. The van der Waals surface area contributed by atoms with E-state index >= 15 is 0 Å². The van der Waals surface area contributed by atoms with Gasteiger partial charge < -0.3 is 5.32 Å². The molecule has 0 amide bonds. The van der Waals surface area contributed by atoms with E-state index in [1.54, 1.807) is 0 Å². The van der Waals surface area contributed by atoms with Crippen molar-refractivity contribution in [2.24, 2.45) is 0 Å². The Hall–Kier alpha value is -1.85. The van der Waals surface area contributed by atoms with Crippen LogP contribution in [-0.2, 0) is 0 Å². The number of fused-ring (bicyclic) bond motifs is 1. The molecule has 0 bridgehead atoms. The standard InChI is InChI=1S/C15H16N2/c1-3-4-9-14(16-2)15-13-8-6-5-7-12(13)10-11-17-15/h1,5-8,10-11,14,16H,4,9H2,2H3. The van der Waals surface area contributed by atoms with Gasteiger partial charge in [-0.15, -0.1) is 12.3 Å². The maximum atomic E-state index is 5.32. The largest absolute Gasteiger partial charge is 0.312 e. The van der Waals surface area contributed by atoms with Crippen molar-refractivity contribution in [3.63, 3.8) is 0 Å². The smallest absolute Gasteiger partial charge is 0.0651 e. The number of hydrogen-bond donors (Lipinski definition) is 1. The van der Waals surface area contributed by atoms with Crippen molar-refractivity contribution in [3.05, 3.63) is 42.2 Å². The molecule has 1 N–H and O–H groups in total. The Balaban J connectivity index is 2.43. The average molecular weight is 224 g/mol. The quantitative estimate of drug-likeness (QED) is 0.808. The van der Waals surface area contributed by atoms with Crippen molar-refractivity contribution >= 4 is 10.8 Å². The second-order valence-electron chi connectivity index (χ2n) is 4.00. The SMILES string of the molecule is C#CCCC(NC)c1nccc2ccccc12. The maximum absolute atomic E-state index is 5.32. The molecule has 1 aromatic heterocycles. The third kappa shape index (κ3) is 2.46. The van der Waals surface area contributed by atoms with Crippen molar-refractivity contribution in [2.75, 3.05) is 7.05 Å². The molecule has 1 atom stereocenters. The fraction of sp³-hybridized carbons (Fsp3) is 0.267. The number of nitrogens with zero attached hydrogens (tertiary/aromatic N) is 1. The Morgan fingerprint density at radius 1 is 1.35 bits per heavy atom. The summed E-state index contributed by atoms with van der Waals surface area (Å²) in [6.45, 7) is 0. The summed E-state index contributed by atoms with van der Waals surface area (Å²) < 4.78 is 0. The molecule has 0 saturated carbocycles. The van der Waals surface area contributed by atoms with E-state index in [-0.39, 0.29) is 6.04 Å². The zero-order valence-corrected chi connectivity index (χ0v) is 9.98. The van der Waals surface area contributed by atoms with Gasteiger partial charge in [-0.25, -0.2) is 0 Å². The van der Waals surface area contributed by atoms with E-state index in [4.69, 9.17) is 6.42 Å². The van der Waals surface area contributed by atoms with E-state index < -0.39 is 0 Å². The van der Waals surface area contributed by atoms with E-state index in [0.29, 0.717) is 0 Å². The number of aromatic nitrogens is 1. The summed E-state index contributed by atoms with van der Waals surface area (Å²) in [7, 11) is 1.95. The fourth-order valence-corrected chi connectivity index (χ4v) is 2.07. The monoisotopic (exact) mass is 224 g/mol. The van der Waals surface area contributed by atoms with Crippen LogP contribution in [0.15, 0.2) is 36.5 Å². The van der Waals surface area contributed by atoms with Gasteiger partial charge in [0.15, 0.2) is 0 Å². The van der Waals surface area contributed by atoms with Gasteiger partial charge in [0.1, 0.15) is 0 Å². The third-order valence-corrected chi connectivity index (χ3v) is 2.96. The molecule has 1 heterocycles. The van der Waals surface area contributed by atoms with Gasteiger partial charge in [0, 0.05) is 18.0 Å². The van der Waals surface area contributed by atoms with Crippen molar-refractivity contribution in [1.82, 2.24) is 10.3 Å². The first kappa shape index (κ1) is 11.6. The lowest BCUT2D eigenvalue weighted by Gasteiger charge is -2.16. The highest BCUT2D eigenvalue weighted by Gasteiger charge is 2.12. The van der Waals surface area contributed by atoms with Crippen LogP contribution in [0, 0.1) is 12.3 Å². The average Bonchev–Trinajstić information content (AvgIpc) is 2.40. The van der Waals surface area contributed by atoms with E-state index in [9.17, 15) is 0 Å². The number of terminal acetylenes is 1. The minimum Gasteiger partial charge on any atom is -0.312 e. The molecule has 17 heavy (non-hydrogen) atoms. The summed E-state index contributed by atoms with van der Waals surface area (Å²) in [5.41, 5.74) is 1.08. The van der Waals surface area contributed by atoms with Crippen LogP contribution in [0.3, 0.4) is 0 Å². The van der Waals surface area contributed by atoms with E-state index in [1.165, 1.54) is 10.8 Å². The molecule has 0 spiro atoms. The van der Waals surface area contributed by atoms with E-state index in [2.05, 4.69) is 28.4 Å². The molecule has 86 valence electrons. The highest BCUT2D eigenvalue weighted by Crippen LogP contribution is 2.24. The predicted molar refractivity (Wildman–Crippen MR) is 71.6 cm³/mol. The highest BCUT2D eigenvalue weighted by atomic mass is 14.9. The van der Waals surface area contributed by atoms with Crippen molar-refractivity contribution in [2.45, 2.75) is 18.9 Å². The van der Waals surface area contributed by atoms with Crippen LogP contribution in [0.4, 0.5) is 0 Å². The Labute approximate surface area is 102 Å². The number of pyridine rings is 1. The first-order chi connectivity index (χ1) is 8.36. The van der Waals surface area contributed by atoms with Crippen LogP contribution in [0.5, 0.6) is 0 Å². The second-order valence-corrected chi connectivity index (χ2v) is 4.00. The van der Waals surface area contributed by atoms with Gasteiger partial charge >= 0.3 is 0 Å². The Morgan fingerprint density at radius 3 is 2.94 bits per heavy atom. The molecule has 0 aliphatic rings. The molecule has 0 saturated heterocycles. The first-order valence-electron chi connectivity index (χ1n) is 5.81. The summed E-state index contributed by atoms with van der Waals surface area (Å²) >= 11 is 0. The minimum absolute atomic E-state index is 0.220. The Morgan fingerprint density at radius 2 is 2.18 bits per heavy atom. The van der Waals surface area contributed by atoms with Crippen molar-refractivity contribution in [1.29, 1.82) is 0 Å². The van der Waals surface area contributed by atoms with Gasteiger partial charge in [0.25, 0.3) is 0 Å². The zero-order valence-electron chi connectivity index (χ0n) is 9.98. The van der Waals surface area contributed by atoms with Crippen LogP contribution in [-0.4, -0.2) is 12.0 Å². The van der Waals surface area contributed by atoms with Gasteiger partial charge in [0.2, 0.25) is 0 Å². The number of benzene rings is 1. The molecular weight excluding hydrogens is 208 g/mol. The first-order valence-corrected chi connectivity index (χ1v) is 5.81. The molecule has 1 unspecified atom stereocenters. The van der Waals surface area contributed by atoms with Crippen LogP contribution in [0.25, 0.3) is 10.8 Å². The van der Waals surface area contributed by atoms with Crippen LogP contribution < -0.4 is 5.32 Å². The van der Waals surface area contributed by atoms with Crippen LogP contribution >= 0.6 is 0 Å². The number of rotatable bonds is 4. The molecule has 2 rings (SSSR count).